The first-order chi connectivity index (χ1) is 10.2. The van der Waals surface area contributed by atoms with Crippen molar-refractivity contribution in [3.05, 3.63) is 52.3 Å². The third kappa shape index (κ3) is 3.13. The van der Waals surface area contributed by atoms with Crippen LogP contribution >= 0.6 is 11.6 Å². The van der Waals surface area contributed by atoms with Crippen LogP contribution in [0.2, 0.25) is 5.15 Å². The van der Waals surface area contributed by atoms with E-state index < -0.39 is 0 Å². The monoisotopic (exact) mass is 302 g/mol. The molecule has 1 N–H and O–H groups in total. The summed E-state index contributed by atoms with van der Waals surface area (Å²) in [6, 6.07) is 8.78. The first kappa shape index (κ1) is 14.2. The molecule has 0 fully saturated rings. The van der Waals surface area contributed by atoms with Crippen LogP contribution in [0.25, 0.3) is 0 Å². The SMILES string of the molecule is COc1ccc2c(c1)CC(Nc1cc(C)cnc1Cl)CC2. The highest BCUT2D eigenvalue weighted by Crippen LogP contribution is 2.29. The number of nitrogens with one attached hydrogen (secondary N) is 1. The smallest absolute Gasteiger partial charge is 0.152 e. The van der Waals surface area contributed by atoms with Crippen LogP contribution in [0.4, 0.5) is 5.69 Å². The maximum absolute atomic E-state index is 6.17. The molecular formula is C17H19ClN2O. The van der Waals surface area contributed by atoms with Gasteiger partial charge < -0.3 is 10.1 Å². The van der Waals surface area contributed by atoms with E-state index in [0.717, 1.165) is 36.3 Å². The molecule has 0 saturated carbocycles. The van der Waals surface area contributed by atoms with Gasteiger partial charge in [0.1, 0.15) is 5.75 Å². The number of aromatic nitrogens is 1. The van der Waals surface area contributed by atoms with Crippen LogP contribution in [0.1, 0.15) is 23.1 Å². The summed E-state index contributed by atoms with van der Waals surface area (Å²) in [7, 11) is 1.71. The van der Waals surface area contributed by atoms with Crippen LogP contribution in [-0.2, 0) is 12.8 Å². The van der Waals surface area contributed by atoms with Gasteiger partial charge in [0.2, 0.25) is 0 Å². The quantitative estimate of drug-likeness (QED) is 0.870. The van der Waals surface area contributed by atoms with Gasteiger partial charge >= 0.3 is 0 Å². The van der Waals surface area contributed by atoms with Gasteiger partial charge in [-0.3, -0.25) is 0 Å². The Kier molecular flexibility index (Phi) is 4.02. The number of pyridine rings is 1. The van der Waals surface area contributed by atoms with Crippen molar-refractivity contribution in [2.45, 2.75) is 32.2 Å². The second-order valence-corrected chi connectivity index (χ2v) is 5.93. The predicted octanol–water partition coefficient (Wildman–Crippen LogP) is 4.02. The Hall–Kier alpha value is -1.74. The van der Waals surface area contributed by atoms with Crippen LogP contribution in [-0.4, -0.2) is 18.1 Å². The Bertz CT molecular complexity index is 657. The lowest BCUT2D eigenvalue weighted by Gasteiger charge is -2.27. The summed E-state index contributed by atoms with van der Waals surface area (Å²) >= 11 is 6.17. The van der Waals surface area contributed by atoms with Crippen molar-refractivity contribution in [2.75, 3.05) is 12.4 Å². The van der Waals surface area contributed by atoms with Crippen LogP contribution in [0.3, 0.4) is 0 Å². The van der Waals surface area contributed by atoms with Crippen molar-refractivity contribution in [3.8, 4) is 5.75 Å². The van der Waals surface area contributed by atoms with Gasteiger partial charge in [0.05, 0.1) is 12.8 Å². The molecule has 1 atom stereocenters. The highest BCUT2D eigenvalue weighted by atomic mass is 35.5. The van der Waals surface area contributed by atoms with E-state index in [1.54, 1.807) is 13.3 Å². The first-order valence-electron chi connectivity index (χ1n) is 7.20. The molecule has 0 bridgehead atoms. The van der Waals surface area contributed by atoms with Gasteiger partial charge in [-0.05, 0) is 61.1 Å². The number of nitrogens with zero attached hydrogens (tertiary/aromatic N) is 1. The lowest BCUT2D eigenvalue weighted by atomic mass is 9.88. The Morgan fingerprint density at radius 2 is 2.14 bits per heavy atom. The van der Waals surface area contributed by atoms with E-state index in [4.69, 9.17) is 16.3 Å². The number of hydrogen-bond acceptors (Lipinski definition) is 3. The maximum Gasteiger partial charge on any atom is 0.152 e. The van der Waals surface area contributed by atoms with Gasteiger partial charge in [0.25, 0.3) is 0 Å². The van der Waals surface area contributed by atoms with Crippen molar-refractivity contribution in [1.82, 2.24) is 4.98 Å². The lowest BCUT2D eigenvalue weighted by Crippen LogP contribution is -2.27. The number of anilines is 1. The molecule has 0 aliphatic heterocycles. The van der Waals surface area contributed by atoms with Gasteiger partial charge in [-0.15, -0.1) is 0 Å². The average molecular weight is 303 g/mol. The van der Waals surface area contributed by atoms with Gasteiger partial charge in [-0.1, -0.05) is 17.7 Å². The summed E-state index contributed by atoms with van der Waals surface area (Å²) in [5, 5.41) is 4.07. The molecule has 1 heterocycles. The van der Waals surface area contributed by atoms with E-state index in [-0.39, 0.29) is 0 Å². The number of fused-ring (bicyclic) bond motifs is 1. The molecule has 0 saturated heterocycles. The number of aryl methyl sites for hydroxylation is 2. The summed E-state index contributed by atoms with van der Waals surface area (Å²) in [5.74, 6) is 0.921. The predicted molar refractivity (Wildman–Crippen MR) is 86.4 cm³/mol. The van der Waals surface area contributed by atoms with Crippen LogP contribution in [0, 0.1) is 6.92 Å². The maximum atomic E-state index is 6.17. The summed E-state index contributed by atoms with van der Waals surface area (Å²) in [4.78, 5) is 4.20. The number of methoxy groups -OCH3 is 1. The lowest BCUT2D eigenvalue weighted by molar-refractivity contribution is 0.413. The minimum Gasteiger partial charge on any atom is -0.497 e. The molecule has 110 valence electrons. The third-order valence-electron chi connectivity index (χ3n) is 3.98. The minimum atomic E-state index is 0.380. The second kappa shape index (κ2) is 5.94. The zero-order valence-corrected chi connectivity index (χ0v) is 13.1. The van der Waals surface area contributed by atoms with Crippen molar-refractivity contribution >= 4 is 17.3 Å². The van der Waals surface area contributed by atoms with Gasteiger partial charge in [0.15, 0.2) is 5.15 Å². The number of ether oxygens (including phenoxy) is 1. The Morgan fingerprint density at radius 1 is 1.29 bits per heavy atom. The first-order valence-corrected chi connectivity index (χ1v) is 7.58. The third-order valence-corrected chi connectivity index (χ3v) is 4.28. The standard InChI is InChI=1S/C17H19ClN2O/c1-11-7-16(17(18)19-10-11)20-14-5-3-12-4-6-15(21-2)9-13(12)8-14/h4,6-7,9-10,14,20H,3,5,8H2,1-2H3. The molecule has 1 aromatic heterocycles. The average Bonchev–Trinajstić information content (AvgIpc) is 2.50. The highest BCUT2D eigenvalue weighted by molar-refractivity contribution is 6.32. The van der Waals surface area contributed by atoms with Crippen molar-refractivity contribution in [2.24, 2.45) is 0 Å². The Morgan fingerprint density at radius 3 is 2.95 bits per heavy atom. The largest absolute Gasteiger partial charge is 0.497 e. The molecule has 4 heteroatoms. The van der Waals surface area contributed by atoms with Crippen LogP contribution in [0.15, 0.2) is 30.5 Å². The van der Waals surface area contributed by atoms with E-state index >= 15 is 0 Å². The summed E-state index contributed by atoms with van der Waals surface area (Å²) in [6.07, 6.45) is 4.95. The molecule has 0 spiro atoms. The zero-order chi connectivity index (χ0) is 14.8. The number of benzene rings is 1. The highest BCUT2D eigenvalue weighted by Gasteiger charge is 2.20. The molecule has 2 aromatic rings. The molecule has 21 heavy (non-hydrogen) atoms. The molecule has 1 unspecified atom stereocenters. The topological polar surface area (TPSA) is 34.1 Å². The molecule has 0 radical (unpaired) electrons. The van der Waals surface area contributed by atoms with Crippen LogP contribution in [0.5, 0.6) is 5.75 Å². The summed E-state index contributed by atoms with van der Waals surface area (Å²) < 4.78 is 5.32. The molecule has 3 rings (SSSR count). The van der Waals surface area contributed by atoms with Crippen LogP contribution < -0.4 is 10.1 Å². The fraction of sp³-hybridized carbons (Fsp3) is 0.353. The fourth-order valence-electron chi connectivity index (χ4n) is 2.86. The molecule has 1 aliphatic carbocycles. The molecule has 3 nitrogen and oxygen atoms in total. The van der Waals surface area contributed by atoms with E-state index in [0.29, 0.717) is 11.2 Å². The van der Waals surface area contributed by atoms with Gasteiger partial charge in [-0.25, -0.2) is 4.98 Å². The van der Waals surface area contributed by atoms with Crippen molar-refractivity contribution in [1.29, 1.82) is 0 Å². The van der Waals surface area contributed by atoms with Crippen molar-refractivity contribution < 1.29 is 4.74 Å². The molecular weight excluding hydrogens is 284 g/mol. The van der Waals surface area contributed by atoms with E-state index in [1.165, 1.54) is 11.1 Å². The normalized spacial score (nSPS) is 17.2. The fourth-order valence-corrected chi connectivity index (χ4v) is 3.02. The number of hydrogen-bond donors (Lipinski definition) is 1. The summed E-state index contributed by atoms with van der Waals surface area (Å²) in [6.45, 7) is 2.02. The second-order valence-electron chi connectivity index (χ2n) is 5.57. The van der Waals surface area contributed by atoms with Gasteiger partial charge in [0, 0.05) is 12.2 Å². The molecule has 1 aromatic carbocycles. The van der Waals surface area contributed by atoms with E-state index in [2.05, 4.69) is 28.5 Å². The molecule has 1 aliphatic rings. The van der Waals surface area contributed by atoms with Crippen molar-refractivity contribution in [3.63, 3.8) is 0 Å². The minimum absolute atomic E-state index is 0.380. The van der Waals surface area contributed by atoms with Gasteiger partial charge in [-0.2, -0.15) is 0 Å². The van der Waals surface area contributed by atoms with E-state index in [1.807, 2.05) is 13.0 Å². The van der Waals surface area contributed by atoms with E-state index in [9.17, 15) is 0 Å². The Labute approximate surface area is 130 Å². The number of halogens is 1. The molecule has 0 amide bonds. The Balaban J connectivity index is 1.78. The number of rotatable bonds is 3. The summed E-state index contributed by atoms with van der Waals surface area (Å²) in [5.41, 5.74) is 4.81. The zero-order valence-electron chi connectivity index (χ0n) is 12.3.